The summed E-state index contributed by atoms with van der Waals surface area (Å²) in [5, 5.41) is 9.43. The number of rotatable bonds is 3. The number of methoxy groups -OCH3 is 1. The van der Waals surface area contributed by atoms with Gasteiger partial charge in [0, 0.05) is 0 Å². The third-order valence-corrected chi connectivity index (χ3v) is 3.07. The van der Waals surface area contributed by atoms with E-state index >= 15 is 0 Å². The van der Waals surface area contributed by atoms with E-state index in [9.17, 15) is 9.90 Å². The van der Waals surface area contributed by atoms with E-state index in [1.54, 1.807) is 6.07 Å². The van der Waals surface area contributed by atoms with Crippen molar-refractivity contribution in [3.8, 4) is 5.75 Å². The molecule has 0 saturated heterocycles. The van der Waals surface area contributed by atoms with Crippen LogP contribution in [0.15, 0.2) is 18.2 Å². The maximum Gasteiger partial charge on any atom is 0.308 e. The quantitative estimate of drug-likeness (QED) is 0.800. The minimum Gasteiger partial charge on any atom is -0.508 e. The van der Waals surface area contributed by atoms with Gasteiger partial charge in [0.25, 0.3) is 0 Å². The largest absolute Gasteiger partial charge is 0.508 e. The molecule has 3 nitrogen and oxygen atoms in total. The highest BCUT2D eigenvalue weighted by Gasteiger charge is 2.22. The van der Waals surface area contributed by atoms with E-state index in [1.165, 1.54) is 7.11 Å². The molecule has 3 heteroatoms. The number of ether oxygens (including phenoxy) is 1. The zero-order chi connectivity index (χ0) is 12.3. The monoisotopic (exact) mass is 222 g/mol. The maximum absolute atomic E-state index is 11.4. The fourth-order valence-electron chi connectivity index (χ4n) is 1.64. The molecule has 1 rings (SSSR count). The summed E-state index contributed by atoms with van der Waals surface area (Å²) in [4.78, 5) is 11.4. The van der Waals surface area contributed by atoms with Crippen LogP contribution in [0.3, 0.4) is 0 Å². The summed E-state index contributed by atoms with van der Waals surface area (Å²) in [7, 11) is 1.40. The maximum atomic E-state index is 11.4. The molecule has 1 aromatic rings. The smallest absolute Gasteiger partial charge is 0.308 e. The van der Waals surface area contributed by atoms with Crippen molar-refractivity contribution in [2.75, 3.05) is 7.11 Å². The number of phenols is 1. The normalized spacial score (nSPS) is 14.2. The molecule has 0 radical (unpaired) electrons. The van der Waals surface area contributed by atoms with Crippen molar-refractivity contribution >= 4 is 5.97 Å². The summed E-state index contributed by atoms with van der Waals surface area (Å²) in [5.41, 5.74) is 1.86. The van der Waals surface area contributed by atoms with Gasteiger partial charge in [-0.2, -0.15) is 0 Å². The van der Waals surface area contributed by atoms with Gasteiger partial charge in [-0.15, -0.1) is 0 Å². The Hall–Kier alpha value is -1.51. The zero-order valence-electron chi connectivity index (χ0n) is 10.2. The third kappa shape index (κ3) is 2.54. The first kappa shape index (κ1) is 12.6. The molecule has 0 aliphatic heterocycles. The molecule has 0 heterocycles. The first-order valence-corrected chi connectivity index (χ1v) is 5.34. The number of esters is 1. The van der Waals surface area contributed by atoms with Crippen LogP contribution in [0.1, 0.15) is 30.9 Å². The number of benzene rings is 1. The van der Waals surface area contributed by atoms with Crippen molar-refractivity contribution in [2.45, 2.75) is 26.7 Å². The molecule has 0 fully saturated rings. The van der Waals surface area contributed by atoms with Gasteiger partial charge in [0.2, 0.25) is 0 Å². The molecule has 0 bridgehead atoms. The second kappa shape index (κ2) is 5.01. The average molecular weight is 222 g/mol. The fraction of sp³-hybridized carbons (Fsp3) is 0.462. The molecule has 0 amide bonds. The lowest BCUT2D eigenvalue weighted by Crippen LogP contribution is -2.18. The molecule has 0 aliphatic carbocycles. The first-order chi connectivity index (χ1) is 7.47. The minimum atomic E-state index is -0.210. The Morgan fingerprint density at radius 2 is 2.00 bits per heavy atom. The SMILES string of the molecule is COC(=O)C(C)C(C)c1ccc(O)c(C)c1. The lowest BCUT2D eigenvalue weighted by atomic mass is 9.88. The number of phenolic OH excluding ortho intramolecular Hbond substituents is 1. The predicted molar refractivity (Wildman–Crippen MR) is 62.4 cm³/mol. The van der Waals surface area contributed by atoms with E-state index in [4.69, 9.17) is 4.74 Å². The van der Waals surface area contributed by atoms with Gasteiger partial charge in [-0.3, -0.25) is 4.79 Å². The summed E-state index contributed by atoms with van der Waals surface area (Å²) < 4.78 is 4.72. The second-order valence-corrected chi connectivity index (χ2v) is 4.15. The standard InChI is InChI=1S/C13H18O3/c1-8-7-11(5-6-12(8)14)9(2)10(3)13(15)16-4/h5-7,9-10,14H,1-4H3. The Morgan fingerprint density at radius 3 is 2.50 bits per heavy atom. The van der Waals surface area contributed by atoms with Crippen LogP contribution in [-0.2, 0) is 9.53 Å². The Kier molecular flexibility index (Phi) is 3.93. The van der Waals surface area contributed by atoms with Crippen molar-refractivity contribution in [1.29, 1.82) is 0 Å². The van der Waals surface area contributed by atoms with Crippen LogP contribution in [0.5, 0.6) is 5.75 Å². The van der Waals surface area contributed by atoms with Crippen LogP contribution in [0.25, 0.3) is 0 Å². The van der Waals surface area contributed by atoms with Gasteiger partial charge in [0.15, 0.2) is 0 Å². The summed E-state index contributed by atoms with van der Waals surface area (Å²) in [6.45, 7) is 5.67. The molecular formula is C13H18O3. The summed E-state index contributed by atoms with van der Waals surface area (Å²) in [5.74, 6) is -0.0411. The van der Waals surface area contributed by atoms with E-state index in [-0.39, 0.29) is 23.6 Å². The number of carbonyl (C=O) groups excluding carboxylic acids is 1. The Balaban J connectivity index is 2.91. The molecule has 1 aromatic carbocycles. The molecular weight excluding hydrogens is 204 g/mol. The van der Waals surface area contributed by atoms with Crippen LogP contribution in [-0.4, -0.2) is 18.2 Å². The lowest BCUT2D eigenvalue weighted by molar-refractivity contribution is -0.145. The Labute approximate surface area is 96.1 Å². The topological polar surface area (TPSA) is 46.5 Å². The van der Waals surface area contributed by atoms with Crippen LogP contribution in [0.2, 0.25) is 0 Å². The summed E-state index contributed by atoms with van der Waals surface area (Å²) in [6, 6.07) is 5.40. The number of aromatic hydroxyl groups is 1. The van der Waals surface area contributed by atoms with Crippen molar-refractivity contribution in [3.05, 3.63) is 29.3 Å². The molecule has 0 spiro atoms. The summed E-state index contributed by atoms with van der Waals surface area (Å²) in [6.07, 6.45) is 0. The molecule has 0 saturated carbocycles. The second-order valence-electron chi connectivity index (χ2n) is 4.15. The van der Waals surface area contributed by atoms with Crippen molar-refractivity contribution in [2.24, 2.45) is 5.92 Å². The highest BCUT2D eigenvalue weighted by Crippen LogP contribution is 2.28. The van der Waals surface area contributed by atoms with E-state index in [2.05, 4.69) is 0 Å². The molecule has 0 aliphatic rings. The first-order valence-electron chi connectivity index (χ1n) is 5.34. The van der Waals surface area contributed by atoms with Crippen molar-refractivity contribution in [3.63, 3.8) is 0 Å². The fourth-order valence-corrected chi connectivity index (χ4v) is 1.64. The van der Waals surface area contributed by atoms with Crippen LogP contribution < -0.4 is 0 Å². The number of hydrogen-bond donors (Lipinski definition) is 1. The highest BCUT2D eigenvalue weighted by molar-refractivity contribution is 5.73. The van der Waals surface area contributed by atoms with Gasteiger partial charge >= 0.3 is 5.97 Å². The third-order valence-electron chi connectivity index (χ3n) is 3.07. The van der Waals surface area contributed by atoms with Crippen LogP contribution >= 0.6 is 0 Å². The van der Waals surface area contributed by atoms with E-state index in [0.29, 0.717) is 0 Å². The number of aryl methyl sites for hydroxylation is 1. The van der Waals surface area contributed by atoms with Gasteiger partial charge in [0.1, 0.15) is 5.75 Å². The van der Waals surface area contributed by atoms with Crippen LogP contribution in [0, 0.1) is 12.8 Å². The van der Waals surface area contributed by atoms with E-state index in [0.717, 1.165) is 11.1 Å². The predicted octanol–water partition coefficient (Wildman–Crippen LogP) is 2.61. The van der Waals surface area contributed by atoms with Gasteiger partial charge in [-0.25, -0.2) is 0 Å². The van der Waals surface area contributed by atoms with Gasteiger partial charge in [-0.05, 0) is 30.0 Å². The molecule has 16 heavy (non-hydrogen) atoms. The molecule has 0 aromatic heterocycles. The highest BCUT2D eigenvalue weighted by atomic mass is 16.5. The lowest BCUT2D eigenvalue weighted by Gasteiger charge is -2.18. The molecule has 88 valence electrons. The molecule has 1 N–H and O–H groups in total. The minimum absolute atomic E-state index is 0.0757. The average Bonchev–Trinajstić information content (AvgIpc) is 2.29. The number of carbonyl (C=O) groups is 1. The molecule has 2 atom stereocenters. The van der Waals surface area contributed by atoms with E-state index in [1.807, 2.05) is 32.9 Å². The van der Waals surface area contributed by atoms with Crippen molar-refractivity contribution in [1.82, 2.24) is 0 Å². The Bertz CT molecular complexity index is 385. The summed E-state index contributed by atoms with van der Waals surface area (Å²) >= 11 is 0. The van der Waals surface area contributed by atoms with Crippen LogP contribution in [0.4, 0.5) is 0 Å². The van der Waals surface area contributed by atoms with E-state index < -0.39 is 0 Å². The zero-order valence-corrected chi connectivity index (χ0v) is 10.2. The van der Waals surface area contributed by atoms with Crippen molar-refractivity contribution < 1.29 is 14.6 Å². The van der Waals surface area contributed by atoms with Gasteiger partial charge < -0.3 is 9.84 Å². The van der Waals surface area contributed by atoms with Gasteiger partial charge in [-0.1, -0.05) is 26.0 Å². The number of hydrogen-bond acceptors (Lipinski definition) is 3. The van der Waals surface area contributed by atoms with Gasteiger partial charge in [0.05, 0.1) is 13.0 Å². The Morgan fingerprint density at radius 1 is 1.38 bits per heavy atom. The molecule has 2 unspecified atom stereocenters.